The van der Waals surface area contributed by atoms with Crippen LogP contribution >= 0.6 is 0 Å². The maximum atomic E-state index is 13.5. The molecule has 8 nitrogen and oxygen atoms in total. The minimum atomic E-state index is -1.40. The maximum absolute atomic E-state index is 13.5. The predicted molar refractivity (Wildman–Crippen MR) is 95.0 cm³/mol. The van der Waals surface area contributed by atoms with Crippen molar-refractivity contribution in [2.75, 3.05) is 13.1 Å². The summed E-state index contributed by atoms with van der Waals surface area (Å²) in [7, 11) is 0. The van der Waals surface area contributed by atoms with Crippen LogP contribution in [0.2, 0.25) is 0 Å². The molecule has 4 rings (SSSR count). The van der Waals surface area contributed by atoms with E-state index >= 15 is 0 Å². The lowest BCUT2D eigenvalue weighted by atomic mass is 10.0. The van der Waals surface area contributed by atoms with E-state index < -0.39 is 29.4 Å². The van der Waals surface area contributed by atoms with E-state index in [9.17, 15) is 18.8 Å². The van der Waals surface area contributed by atoms with E-state index in [0.29, 0.717) is 12.0 Å². The van der Waals surface area contributed by atoms with Gasteiger partial charge in [0.05, 0.1) is 31.6 Å². The van der Waals surface area contributed by atoms with Gasteiger partial charge >= 0.3 is 6.03 Å². The quantitative estimate of drug-likeness (QED) is 0.858. The zero-order chi connectivity index (χ0) is 19.7. The second kappa shape index (κ2) is 7.01. The van der Waals surface area contributed by atoms with Gasteiger partial charge < -0.3 is 15.0 Å². The highest BCUT2D eigenvalue weighted by Gasteiger charge is 2.42. The lowest BCUT2D eigenvalue weighted by Gasteiger charge is -2.42. The number of benzene rings is 1. The minimum absolute atomic E-state index is 0.259. The number of hydrogen-bond acceptors (Lipinski definition) is 6. The highest BCUT2D eigenvalue weighted by Crippen LogP contribution is 2.32. The SMILES string of the molecule is N#C[C@@]1(OC2CN(C(=O)N3N=CCC3c3cc(F)cc(F)c3)C2)C=CNC=N1. The molecular weight excluding hydrogens is 370 g/mol. The molecule has 0 aromatic heterocycles. The number of ether oxygens (including phenoxy) is 1. The average Bonchev–Trinajstić information content (AvgIpc) is 3.14. The van der Waals surface area contributed by atoms with Gasteiger partial charge in [0, 0.05) is 31.0 Å². The van der Waals surface area contributed by atoms with Gasteiger partial charge in [-0.1, -0.05) is 0 Å². The van der Waals surface area contributed by atoms with Crippen LogP contribution in [0.5, 0.6) is 0 Å². The van der Waals surface area contributed by atoms with Crippen molar-refractivity contribution < 1.29 is 18.3 Å². The van der Waals surface area contributed by atoms with Crippen LogP contribution < -0.4 is 5.32 Å². The molecule has 1 N–H and O–H groups in total. The van der Waals surface area contributed by atoms with Crippen molar-refractivity contribution in [3.8, 4) is 6.07 Å². The molecule has 3 aliphatic rings. The molecule has 2 amide bonds. The molecular formula is C18H16F2N6O2. The third kappa shape index (κ3) is 3.32. The summed E-state index contributed by atoms with van der Waals surface area (Å²) in [6, 6.07) is 4.22. The van der Waals surface area contributed by atoms with Crippen molar-refractivity contribution in [3.05, 3.63) is 47.7 Å². The third-order valence-corrected chi connectivity index (χ3v) is 4.66. The molecule has 1 saturated heterocycles. The Hall–Kier alpha value is -3.32. The van der Waals surface area contributed by atoms with Crippen molar-refractivity contribution >= 4 is 18.6 Å². The summed E-state index contributed by atoms with van der Waals surface area (Å²) in [5.74, 6) is -1.41. The molecule has 3 heterocycles. The van der Waals surface area contributed by atoms with Gasteiger partial charge in [-0.3, -0.25) is 0 Å². The van der Waals surface area contributed by atoms with E-state index in [2.05, 4.69) is 15.4 Å². The molecule has 0 bridgehead atoms. The van der Waals surface area contributed by atoms with Gasteiger partial charge in [-0.25, -0.2) is 23.6 Å². The fourth-order valence-corrected chi connectivity index (χ4v) is 3.25. The van der Waals surface area contributed by atoms with Gasteiger partial charge in [0.25, 0.3) is 5.72 Å². The lowest BCUT2D eigenvalue weighted by Crippen LogP contribution is -2.59. The molecule has 0 aliphatic carbocycles. The van der Waals surface area contributed by atoms with Crippen molar-refractivity contribution in [1.29, 1.82) is 5.26 Å². The van der Waals surface area contributed by atoms with Crippen LogP contribution in [0.1, 0.15) is 18.0 Å². The van der Waals surface area contributed by atoms with Crippen molar-refractivity contribution in [2.45, 2.75) is 24.3 Å². The van der Waals surface area contributed by atoms with Crippen molar-refractivity contribution in [3.63, 3.8) is 0 Å². The van der Waals surface area contributed by atoms with Crippen LogP contribution in [-0.2, 0) is 4.74 Å². The number of likely N-dealkylation sites (tertiary alicyclic amines) is 1. The van der Waals surface area contributed by atoms with Crippen LogP contribution in [0.15, 0.2) is 40.6 Å². The molecule has 2 atom stereocenters. The number of nitriles is 1. The van der Waals surface area contributed by atoms with Gasteiger partial charge in [0.2, 0.25) is 0 Å². The molecule has 1 fully saturated rings. The zero-order valence-electron chi connectivity index (χ0n) is 14.6. The van der Waals surface area contributed by atoms with Crippen LogP contribution in [0, 0.1) is 23.0 Å². The summed E-state index contributed by atoms with van der Waals surface area (Å²) in [6.07, 6.45) is 5.97. The van der Waals surface area contributed by atoms with Crippen molar-refractivity contribution in [1.82, 2.24) is 15.2 Å². The number of nitrogens with zero attached hydrogens (tertiary/aromatic N) is 5. The molecule has 1 aromatic carbocycles. The minimum Gasteiger partial charge on any atom is -0.353 e. The number of urea groups is 1. The van der Waals surface area contributed by atoms with Crippen LogP contribution in [0.25, 0.3) is 0 Å². The van der Waals surface area contributed by atoms with Gasteiger partial charge in [-0.15, -0.1) is 0 Å². The molecule has 1 unspecified atom stereocenters. The van der Waals surface area contributed by atoms with Gasteiger partial charge in [0.15, 0.2) is 0 Å². The Balaban J connectivity index is 1.40. The smallest absolute Gasteiger partial charge is 0.341 e. The standard InChI is InChI=1S/C18H16F2N6O2/c19-13-5-12(6-14(20)7-13)16-1-3-24-26(16)17(27)25-8-15(9-25)28-18(10-21)2-4-22-11-23-18/h2-7,11,15-16H,1,8-9H2,(H,22,23)/t16?,18-/m0/s1. The third-order valence-electron chi connectivity index (χ3n) is 4.66. The first kappa shape index (κ1) is 18.1. The number of amides is 2. The first-order valence-electron chi connectivity index (χ1n) is 8.63. The Kier molecular flexibility index (Phi) is 4.52. The largest absolute Gasteiger partial charge is 0.353 e. The summed E-state index contributed by atoms with van der Waals surface area (Å²) in [5, 5.41) is 17.3. The second-order valence-electron chi connectivity index (χ2n) is 6.59. The van der Waals surface area contributed by atoms with Crippen LogP contribution in [0.4, 0.5) is 13.6 Å². The first-order valence-corrected chi connectivity index (χ1v) is 8.63. The number of rotatable bonds is 3. The van der Waals surface area contributed by atoms with Gasteiger partial charge in [-0.05, 0) is 17.7 Å². The Bertz CT molecular complexity index is 887. The number of hydrazone groups is 1. The molecule has 0 spiro atoms. The molecule has 0 radical (unpaired) electrons. The van der Waals surface area contributed by atoms with Gasteiger partial charge in [0.1, 0.15) is 17.7 Å². The topological polar surface area (TPSA) is 93.3 Å². The van der Waals surface area contributed by atoms with Crippen molar-refractivity contribution in [2.24, 2.45) is 10.1 Å². The highest BCUT2D eigenvalue weighted by molar-refractivity contribution is 5.79. The monoisotopic (exact) mass is 386 g/mol. The molecule has 28 heavy (non-hydrogen) atoms. The first-order chi connectivity index (χ1) is 13.5. The summed E-state index contributed by atoms with van der Waals surface area (Å²) in [4.78, 5) is 18.2. The number of carbonyl (C=O) groups excluding carboxylic acids is 1. The average molecular weight is 386 g/mol. The fraction of sp³-hybridized carbons (Fsp3) is 0.333. The number of carbonyl (C=O) groups is 1. The Morgan fingerprint density at radius 1 is 1.32 bits per heavy atom. The van der Waals surface area contributed by atoms with E-state index in [-0.39, 0.29) is 19.2 Å². The van der Waals surface area contributed by atoms with Crippen LogP contribution in [-0.4, -0.2) is 53.4 Å². The number of aliphatic imine (C=N–C) groups is 1. The number of hydrogen-bond donors (Lipinski definition) is 1. The van der Waals surface area contributed by atoms with E-state index in [4.69, 9.17) is 4.74 Å². The Morgan fingerprint density at radius 2 is 2.07 bits per heavy atom. The van der Waals surface area contributed by atoms with E-state index in [1.165, 1.54) is 34.5 Å². The highest BCUT2D eigenvalue weighted by atomic mass is 19.1. The maximum Gasteiger partial charge on any atom is 0.341 e. The van der Waals surface area contributed by atoms with E-state index in [1.807, 2.05) is 6.07 Å². The van der Waals surface area contributed by atoms with E-state index in [1.54, 1.807) is 12.4 Å². The lowest BCUT2D eigenvalue weighted by molar-refractivity contribution is -0.0904. The molecule has 144 valence electrons. The molecule has 10 heteroatoms. The molecule has 3 aliphatic heterocycles. The predicted octanol–water partition coefficient (Wildman–Crippen LogP) is 1.88. The normalized spacial score (nSPS) is 26.1. The summed E-state index contributed by atoms with van der Waals surface area (Å²) >= 11 is 0. The molecule has 1 aromatic rings. The fourth-order valence-electron chi connectivity index (χ4n) is 3.25. The Morgan fingerprint density at radius 3 is 2.71 bits per heavy atom. The molecule has 0 saturated carbocycles. The zero-order valence-corrected chi connectivity index (χ0v) is 14.6. The summed E-state index contributed by atoms with van der Waals surface area (Å²) < 4.78 is 32.8. The second-order valence-corrected chi connectivity index (χ2v) is 6.59. The summed E-state index contributed by atoms with van der Waals surface area (Å²) in [5.41, 5.74) is -1.06. The van der Waals surface area contributed by atoms with E-state index in [0.717, 1.165) is 6.07 Å². The van der Waals surface area contributed by atoms with Crippen LogP contribution in [0.3, 0.4) is 0 Å². The van der Waals surface area contributed by atoms with Gasteiger partial charge in [-0.2, -0.15) is 10.4 Å². The number of nitrogens with one attached hydrogen (secondary N) is 1. The Labute approximate surface area is 159 Å². The summed E-state index contributed by atoms with van der Waals surface area (Å²) in [6.45, 7) is 0.518. The number of halogens is 2.